The topological polar surface area (TPSA) is 91.2 Å². The fourth-order valence-electron chi connectivity index (χ4n) is 2.09. The third-order valence-electron chi connectivity index (χ3n) is 3.44. The SMILES string of the molecule is Cc1cccc(C(=O)OCc2noc(-c3ccc(F)cc3)n2)c1N. The van der Waals surface area contributed by atoms with Crippen LogP contribution >= 0.6 is 0 Å². The van der Waals surface area contributed by atoms with Gasteiger partial charge in [0.25, 0.3) is 5.89 Å². The Morgan fingerprint density at radius 2 is 2.00 bits per heavy atom. The van der Waals surface area contributed by atoms with E-state index >= 15 is 0 Å². The number of hydrogen-bond donors (Lipinski definition) is 1. The number of carbonyl (C=O) groups is 1. The van der Waals surface area contributed by atoms with E-state index in [4.69, 9.17) is 15.0 Å². The first-order valence-corrected chi connectivity index (χ1v) is 7.15. The van der Waals surface area contributed by atoms with Gasteiger partial charge in [-0.25, -0.2) is 9.18 Å². The third kappa shape index (κ3) is 3.24. The summed E-state index contributed by atoms with van der Waals surface area (Å²) in [7, 11) is 0. The van der Waals surface area contributed by atoms with E-state index in [0.717, 1.165) is 5.56 Å². The summed E-state index contributed by atoms with van der Waals surface area (Å²) in [5, 5.41) is 3.73. The minimum Gasteiger partial charge on any atom is -0.454 e. The van der Waals surface area contributed by atoms with Gasteiger partial charge in [-0.05, 0) is 42.8 Å². The zero-order chi connectivity index (χ0) is 17.1. The summed E-state index contributed by atoms with van der Waals surface area (Å²) in [6, 6.07) is 10.7. The molecule has 6 nitrogen and oxygen atoms in total. The van der Waals surface area contributed by atoms with Crippen molar-refractivity contribution in [2.24, 2.45) is 0 Å². The van der Waals surface area contributed by atoms with Crippen LogP contribution in [0.5, 0.6) is 0 Å². The lowest BCUT2D eigenvalue weighted by Gasteiger charge is -2.07. The molecule has 0 saturated carbocycles. The normalized spacial score (nSPS) is 10.6. The number of anilines is 1. The molecule has 0 atom stereocenters. The van der Waals surface area contributed by atoms with Crippen molar-refractivity contribution in [1.82, 2.24) is 10.1 Å². The second kappa shape index (κ2) is 6.49. The minimum atomic E-state index is -0.565. The highest BCUT2D eigenvalue weighted by molar-refractivity contribution is 5.95. The highest BCUT2D eigenvalue weighted by Gasteiger charge is 2.15. The van der Waals surface area contributed by atoms with E-state index < -0.39 is 5.97 Å². The first-order chi connectivity index (χ1) is 11.5. The maximum Gasteiger partial charge on any atom is 0.340 e. The third-order valence-corrected chi connectivity index (χ3v) is 3.44. The molecule has 0 amide bonds. The van der Waals surface area contributed by atoms with Crippen molar-refractivity contribution in [2.75, 3.05) is 5.73 Å². The summed E-state index contributed by atoms with van der Waals surface area (Å²) in [6.07, 6.45) is 0. The largest absolute Gasteiger partial charge is 0.454 e. The number of nitrogens with two attached hydrogens (primary N) is 1. The van der Waals surface area contributed by atoms with Gasteiger partial charge in [-0.2, -0.15) is 4.98 Å². The van der Waals surface area contributed by atoms with Crippen LogP contribution in [-0.4, -0.2) is 16.1 Å². The molecule has 3 aromatic rings. The van der Waals surface area contributed by atoms with Crippen LogP contribution in [0.15, 0.2) is 47.0 Å². The molecule has 1 heterocycles. The molecule has 24 heavy (non-hydrogen) atoms. The fourth-order valence-corrected chi connectivity index (χ4v) is 2.09. The standard InChI is InChI=1S/C17H14FN3O3/c1-10-3-2-4-13(15(10)19)17(22)23-9-14-20-16(24-21-14)11-5-7-12(18)8-6-11/h2-8H,9,19H2,1H3. The quantitative estimate of drug-likeness (QED) is 0.585. The van der Waals surface area contributed by atoms with Gasteiger partial charge in [0.2, 0.25) is 5.82 Å². The smallest absolute Gasteiger partial charge is 0.340 e. The Balaban J connectivity index is 1.68. The van der Waals surface area contributed by atoms with E-state index in [2.05, 4.69) is 10.1 Å². The number of hydrogen-bond acceptors (Lipinski definition) is 6. The molecule has 0 fully saturated rings. The molecular weight excluding hydrogens is 313 g/mol. The monoisotopic (exact) mass is 327 g/mol. The Kier molecular flexibility index (Phi) is 4.24. The van der Waals surface area contributed by atoms with Crippen molar-refractivity contribution in [3.05, 3.63) is 65.2 Å². The van der Waals surface area contributed by atoms with Gasteiger partial charge < -0.3 is 15.0 Å². The van der Waals surface area contributed by atoms with Gasteiger partial charge in [0.1, 0.15) is 5.82 Å². The minimum absolute atomic E-state index is 0.156. The first-order valence-electron chi connectivity index (χ1n) is 7.15. The van der Waals surface area contributed by atoms with E-state index in [1.165, 1.54) is 24.3 Å². The number of ether oxygens (including phenoxy) is 1. The number of halogens is 1. The van der Waals surface area contributed by atoms with Crippen LogP contribution in [-0.2, 0) is 11.3 Å². The number of aryl methyl sites for hydroxylation is 1. The van der Waals surface area contributed by atoms with Gasteiger partial charge in [0.15, 0.2) is 6.61 Å². The number of para-hydroxylation sites is 1. The number of esters is 1. The van der Waals surface area contributed by atoms with Crippen LogP contribution in [0.2, 0.25) is 0 Å². The lowest BCUT2D eigenvalue weighted by molar-refractivity contribution is 0.0461. The number of rotatable bonds is 4. The van der Waals surface area contributed by atoms with Gasteiger partial charge in [-0.1, -0.05) is 17.3 Å². The molecule has 0 saturated heterocycles. The molecule has 0 aliphatic rings. The molecule has 1 aromatic heterocycles. The van der Waals surface area contributed by atoms with Crippen LogP contribution in [0.3, 0.4) is 0 Å². The molecule has 0 radical (unpaired) electrons. The maximum atomic E-state index is 12.9. The van der Waals surface area contributed by atoms with Crippen LogP contribution in [0.1, 0.15) is 21.7 Å². The predicted octanol–water partition coefficient (Wildman–Crippen LogP) is 3.12. The van der Waals surface area contributed by atoms with Crippen molar-refractivity contribution in [1.29, 1.82) is 0 Å². The van der Waals surface area contributed by atoms with Crippen LogP contribution in [0.4, 0.5) is 10.1 Å². The molecule has 0 unspecified atom stereocenters. The van der Waals surface area contributed by atoms with Crippen LogP contribution in [0, 0.1) is 12.7 Å². The predicted molar refractivity (Wildman–Crippen MR) is 84.4 cm³/mol. The van der Waals surface area contributed by atoms with Crippen molar-refractivity contribution < 1.29 is 18.4 Å². The average Bonchev–Trinajstić information content (AvgIpc) is 3.05. The lowest BCUT2D eigenvalue weighted by atomic mass is 10.1. The Labute approximate surface area is 137 Å². The summed E-state index contributed by atoms with van der Waals surface area (Å²) in [6.45, 7) is 1.65. The molecule has 0 aliphatic heterocycles. The first kappa shape index (κ1) is 15.7. The van der Waals surface area contributed by atoms with Gasteiger partial charge in [-0.15, -0.1) is 0 Å². The van der Waals surface area contributed by atoms with E-state index in [0.29, 0.717) is 11.3 Å². The Morgan fingerprint density at radius 3 is 2.75 bits per heavy atom. The van der Waals surface area contributed by atoms with Gasteiger partial charge in [0, 0.05) is 11.3 Å². The van der Waals surface area contributed by atoms with Crippen LogP contribution < -0.4 is 5.73 Å². The molecule has 0 bridgehead atoms. The summed E-state index contributed by atoms with van der Waals surface area (Å²) < 4.78 is 23.1. The fraction of sp³-hybridized carbons (Fsp3) is 0.118. The molecule has 7 heteroatoms. The molecule has 3 rings (SSSR count). The zero-order valence-electron chi connectivity index (χ0n) is 12.8. The Morgan fingerprint density at radius 1 is 1.25 bits per heavy atom. The van der Waals surface area contributed by atoms with E-state index in [-0.39, 0.29) is 29.7 Å². The van der Waals surface area contributed by atoms with E-state index in [9.17, 15) is 9.18 Å². The molecule has 2 N–H and O–H groups in total. The van der Waals surface area contributed by atoms with Gasteiger partial charge in [0.05, 0.1) is 5.56 Å². The summed E-state index contributed by atoms with van der Waals surface area (Å²) in [5.41, 5.74) is 7.90. The molecule has 0 aliphatic carbocycles. The highest BCUT2D eigenvalue weighted by Crippen LogP contribution is 2.19. The number of carbonyl (C=O) groups excluding carboxylic acids is 1. The van der Waals surface area contributed by atoms with E-state index in [1.807, 2.05) is 0 Å². The molecule has 122 valence electrons. The summed E-state index contributed by atoms with van der Waals surface area (Å²) in [5.74, 6) is -0.502. The molecule has 0 spiro atoms. The van der Waals surface area contributed by atoms with Crippen molar-refractivity contribution in [3.63, 3.8) is 0 Å². The zero-order valence-corrected chi connectivity index (χ0v) is 12.8. The summed E-state index contributed by atoms with van der Waals surface area (Å²) >= 11 is 0. The highest BCUT2D eigenvalue weighted by atomic mass is 19.1. The number of nitrogens with zero attached hydrogens (tertiary/aromatic N) is 2. The van der Waals surface area contributed by atoms with Gasteiger partial charge in [-0.3, -0.25) is 0 Å². The van der Waals surface area contributed by atoms with Crippen molar-refractivity contribution in [3.8, 4) is 11.5 Å². The van der Waals surface area contributed by atoms with Crippen molar-refractivity contribution >= 4 is 11.7 Å². The second-order valence-electron chi connectivity index (χ2n) is 5.13. The Hall–Kier alpha value is -3.22. The number of benzene rings is 2. The number of nitrogen functional groups attached to an aromatic ring is 1. The van der Waals surface area contributed by atoms with Gasteiger partial charge >= 0.3 is 5.97 Å². The summed E-state index contributed by atoms with van der Waals surface area (Å²) in [4.78, 5) is 16.2. The Bertz CT molecular complexity index is 875. The van der Waals surface area contributed by atoms with Crippen molar-refractivity contribution in [2.45, 2.75) is 13.5 Å². The molecule has 2 aromatic carbocycles. The second-order valence-corrected chi connectivity index (χ2v) is 5.13. The molecular formula is C17H14FN3O3. The lowest BCUT2D eigenvalue weighted by Crippen LogP contribution is -2.09. The van der Waals surface area contributed by atoms with Crippen LogP contribution in [0.25, 0.3) is 11.5 Å². The van der Waals surface area contributed by atoms with E-state index in [1.54, 1.807) is 25.1 Å². The number of aromatic nitrogens is 2. The maximum absolute atomic E-state index is 12.9. The average molecular weight is 327 g/mol.